The summed E-state index contributed by atoms with van der Waals surface area (Å²) in [6.45, 7) is 10.4. The van der Waals surface area contributed by atoms with Crippen molar-refractivity contribution in [2.45, 2.75) is 33.7 Å². The number of H-pyrrole nitrogens is 1. The van der Waals surface area contributed by atoms with Crippen LogP contribution in [0.2, 0.25) is 0 Å². The number of benzene rings is 2. The summed E-state index contributed by atoms with van der Waals surface area (Å²) >= 11 is 0. The maximum atomic E-state index is 12.6. The fraction of sp³-hybridized carbons (Fsp3) is 0.312. The van der Waals surface area contributed by atoms with Crippen molar-refractivity contribution in [2.75, 3.05) is 26.2 Å². The van der Waals surface area contributed by atoms with Gasteiger partial charge in [0, 0.05) is 73.6 Å². The summed E-state index contributed by atoms with van der Waals surface area (Å²) in [5.41, 5.74) is 9.38. The molecule has 2 aromatic carbocycles. The third-order valence-electron chi connectivity index (χ3n) is 7.62. The summed E-state index contributed by atoms with van der Waals surface area (Å²) in [6, 6.07) is 19.9. The first-order valence-corrected chi connectivity index (χ1v) is 13.2. The van der Waals surface area contributed by atoms with Gasteiger partial charge in [-0.1, -0.05) is 57.2 Å². The Morgan fingerprint density at radius 3 is 2.43 bits per heavy atom. The number of allylic oxidation sites excluding steroid dienone is 1. The fourth-order valence-corrected chi connectivity index (χ4v) is 5.49. The summed E-state index contributed by atoms with van der Waals surface area (Å²) in [4.78, 5) is 25.1. The molecule has 1 fully saturated rings. The predicted octanol–water partition coefficient (Wildman–Crippen LogP) is 5.91. The molecule has 1 N–H and O–H groups in total. The van der Waals surface area contributed by atoms with Crippen LogP contribution in [0.4, 0.5) is 0 Å². The Bertz CT molecular complexity index is 1480. The highest BCUT2D eigenvalue weighted by Gasteiger charge is 2.29. The van der Waals surface area contributed by atoms with E-state index in [0.717, 1.165) is 55.9 Å². The number of carbonyl (C=O) groups is 1. The Hall–Kier alpha value is -3.70. The van der Waals surface area contributed by atoms with Gasteiger partial charge in [0.2, 0.25) is 5.91 Å². The second kappa shape index (κ2) is 9.31. The number of nitrogens with zero attached hydrogens (tertiary/aromatic N) is 3. The maximum absolute atomic E-state index is 12.6. The first-order valence-electron chi connectivity index (χ1n) is 13.2. The molecule has 4 aromatic rings. The molecule has 2 aromatic heterocycles. The highest BCUT2D eigenvalue weighted by molar-refractivity contribution is 5.91. The largest absolute Gasteiger partial charge is 0.361 e. The van der Waals surface area contributed by atoms with Crippen LogP contribution in [0.1, 0.15) is 43.2 Å². The second-order valence-electron chi connectivity index (χ2n) is 11.3. The van der Waals surface area contributed by atoms with E-state index in [-0.39, 0.29) is 11.3 Å². The zero-order valence-corrected chi connectivity index (χ0v) is 21.9. The van der Waals surface area contributed by atoms with E-state index in [1.165, 1.54) is 33.2 Å². The summed E-state index contributed by atoms with van der Waals surface area (Å²) < 4.78 is 0. The zero-order chi connectivity index (χ0) is 25.6. The SMILES string of the molecule is CC(C)(C)C(=O)N1CCN(Cc2ccc(-c3cnc4c(c3)C(c3ccc5[nH]ccc5c3)=CC4)cc2)CC1. The molecule has 1 saturated heterocycles. The molecule has 0 atom stereocenters. The van der Waals surface area contributed by atoms with E-state index in [9.17, 15) is 4.79 Å². The Labute approximate surface area is 218 Å². The number of carbonyl (C=O) groups excluding carboxylic acids is 1. The molecule has 5 heteroatoms. The summed E-state index contributed by atoms with van der Waals surface area (Å²) in [5.74, 6) is 0.252. The van der Waals surface area contributed by atoms with Crippen molar-refractivity contribution in [3.8, 4) is 11.1 Å². The minimum absolute atomic E-state index is 0.252. The number of hydrogen-bond donors (Lipinski definition) is 1. The van der Waals surface area contributed by atoms with Crippen LogP contribution in [0.15, 0.2) is 73.1 Å². The lowest BCUT2D eigenvalue weighted by Crippen LogP contribution is -2.51. The lowest BCUT2D eigenvalue weighted by atomic mass is 9.94. The molecule has 0 saturated carbocycles. The first-order chi connectivity index (χ1) is 17.8. The van der Waals surface area contributed by atoms with Crippen LogP contribution < -0.4 is 0 Å². The van der Waals surface area contributed by atoms with Gasteiger partial charge in [-0.05, 0) is 51.9 Å². The van der Waals surface area contributed by atoms with E-state index in [0.29, 0.717) is 0 Å². The van der Waals surface area contributed by atoms with Gasteiger partial charge in [0.05, 0.1) is 5.69 Å². The number of piperazine rings is 1. The number of fused-ring (bicyclic) bond motifs is 2. The number of amides is 1. The van der Waals surface area contributed by atoms with Crippen LogP contribution in [0.3, 0.4) is 0 Å². The van der Waals surface area contributed by atoms with Crippen LogP contribution >= 0.6 is 0 Å². The molecule has 0 spiro atoms. The Morgan fingerprint density at radius 1 is 0.919 bits per heavy atom. The average molecular weight is 491 g/mol. The van der Waals surface area contributed by atoms with E-state index < -0.39 is 0 Å². The Morgan fingerprint density at radius 2 is 1.68 bits per heavy atom. The molecule has 6 rings (SSSR count). The number of nitrogens with one attached hydrogen (secondary N) is 1. The molecule has 5 nitrogen and oxygen atoms in total. The van der Waals surface area contributed by atoms with Crippen LogP contribution in [0.25, 0.3) is 27.6 Å². The number of pyridine rings is 1. The molecule has 0 bridgehead atoms. The number of rotatable bonds is 4. The van der Waals surface area contributed by atoms with Gasteiger partial charge in [-0.3, -0.25) is 14.7 Å². The molecule has 0 radical (unpaired) electrons. The maximum Gasteiger partial charge on any atom is 0.228 e. The smallest absolute Gasteiger partial charge is 0.228 e. The van der Waals surface area contributed by atoms with Crippen LogP contribution in [-0.4, -0.2) is 51.9 Å². The van der Waals surface area contributed by atoms with Crippen molar-refractivity contribution in [3.05, 3.63) is 95.5 Å². The highest BCUT2D eigenvalue weighted by Crippen LogP contribution is 2.35. The van der Waals surface area contributed by atoms with Gasteiger partial charge in [0.15, 0.2) is 0 Å². The molecular formula is C32H34N4O. The van der Waals surface area contributed by atoms with E-state index >= 15 is 0 Å². The first kappa shape index (κ1) is 23.7. The fourth-order valence-electron chi connectivity index (χ4n) is 5.49. The summed E-state index contributed by atoms with van der Waals surface area (Å²) in [6.07, 6.45) is 7.17. The Kier molecular flexibility index (Phi) is 5.96. The van der Waals surface area contributed by atoms with Crippen molar-refractivity contribution in [1.29, 1.82) is 0 Å². The average Bonchev–Trinajstić information content (AvgIpc) is 3.55. The van der Waals surface area contributed by atoms with Crippen LogP contribution in [0.5, 0.6) is 0 Å². The molecule has 1 amide bonds. The third-order valence-corrected chi connectivity index (χ3v) is 7.62. The molecule has 1 aliphatic carbocycles. The number of aromatic nitrogens is 2. The van der Waals surface area contributed by atoms with Gasteiger partial charge in [-0.25, -0.2) is 0 Å². The molecule has 37 heavy (non-hydrogen) atoms. The number of aromatic amines is 1. The van der Waals surface area contributed by atoms with Gasteiger partial charge >= 0.3 is 0 Å². The predicted molar refractivity (Wildman–Crippen MR) is 150 cm³/mol. The van der Waals surface area contributed by atoms with Gasteiger partial charge in [-0.15, -0.1) is 0 Å². The van der Waals surface area contributed by atoms with Crippen LogP contribution in [-0.2, 0) is 17.8 Å². The normalized spacial score (nSPS) is 16.2. The molecule has 2 aliphatic rings. The standard InChI is InChI=1S/C32H34N4O/c1-32(2,3)31(37)36-16-14-35(15-17-36)21-22-4-6-23(7-5-22)26-19-28-27(9-11-30(28)34-20-26)24-8-10-29-25(18-24)12-13-33-29/h4-10,12-13,18-20,33H,11,14-17,21H2,1-3H3. The van der Waals surface area contributed by atoms with Crippen LogP contribution in [0, 0.1) is 5.41 Å². The topological polar surface area (TPSA) is 52.2 Å². The van der Waals surface area contributed by atoms with E-state index in [1.54, 1.807) is 0 Å². The van der Waals surface area contributed by atoms with Crippen molar-refractivity contribution in [2.24, 2.45) is 5.41 Å². The van der Waals surface area contributed by atoms with E-state index in [1.807, 2.05) is 38.1 Å². The minimum Gasteiger partial charge on any atom is -0.361 e. The molecule has 188 valence electrons. The molecule has 3 heterocycles. The zero-order valence-electron chi connectivity index (χ0n) is 21.9. The van der Waals surface area contributed by atoms with Gasteiger partial charge < -0.3 is 9.88 Å². The van der Waals surface area contributed by atoms with Crippen molar-refractivity contribution < 1.29 is 4.79 Å². The third kappa shape index (κ3) is 4.72. The van der Waals surface area contributed by atoms with Crippen molar-refractivity contribution >= 4 is 22.4 Å². The lowest BCUT2D eigenvalue weighted by Gasteiger charge is -2.37. The van der Waals surface area contributed by atoms with Gasteiger partial charge in [0.25, 0.3) is 0 Å². The van der Waals surface area contributed by atoms with Crippen molar-refractivity contribution in [1.82, 2.24) is 19.8 Å². The molecule has 0 unspecified atom stereocenters. The Balaban J connectivity index is 1.14. The molecular weight excluding hydrogens is 456 g/mol. The van der Waals surface area contributed by atoms with Gasteiger partial charge in [0.1, 0.15) is 0 Å². The van der Waals surface area contributed by atoms with E-state index in [4.69, 9.17) is 4.98 Å². The van der Waals surface area contributed by atoms with E-state index in [2.05, 4.69) is 70.6 Å². The van der Waals surface area contributed by atoms with Gasteiger partial charge in [-0.2, -0.15) is 0 Å². The summed E-state index contributed by atoms with van der Waals surface area (Å²) in [5, 5.41) is 1.23. The monoisotopic (exact) mass is 490 g/mol. The molecule has 1 aliphatic heterocycles. The van der Waals surface area contributed by atoms with Crippen molar-refractivity contribution in [3.63, 3.8) is 0 Å². The summed E-state index contributed by atoms with van der Waals surface area (Å²) in [7, 11) is 0. The quantitative estimate of drug-likeness (QED) is 0.387. The second-order valence-corrected chi connectivity index (χ2v) is 11.3. The highest BCUT2D eigenvalue weighted by atomic mass is 16.2. The lowest BCUT2D eigenvalue weighted by molar-refractivity contribution is -0.141. The minimum atomic E-state index is -0.309. The number of hydrogen-bond acceptors (Lipinski definition) is 3.